The Bertz CT molecular complexity index is 432. The minimum Gasteiger partial charge on any atom is -0.480 e. The first-order valence-electron chi connectivity index (χ1n) is 5.75. The number of likely N-dealkylation sites (tertiary alicyclic amines) is 1. The van der Waals surface area contributed by atoms with Crippen LogP contribution in [-0.2, 0) is 16.1 Å². The zero-order valence-electron chi connectivity index (χ0n) is 9.77. The molecule has 2 rings (SSSR count). The van der Waals surface area contributed by atoms with Gasteiger partial charge in [-0.2, -0.15) is 5.10 Å². The highest BCUT2D eigenvalue weighted by Gasteiger charge is 2.38. The number of rotatable bonds is 4. The highest BCUT2D eigenvalue weighted by molar-refractivity contribution is 5.84. The zero-order chi connectivity index (χ0) is 13.1. The number of carboxylic acid groups (broad SMARTS) is 1. The molecule has 1 aliphatic heterocycles. The van der Waals surface area contributed by atoms with Crippen LogP contribution >= 0.6 is 0 Å². The van der Waals surface area contributed by atoms with Crippen molar-refractivity contribution in [1.82, 2.24) is 14.7 Å². The maximum Gasteiger partial charge on any atom is 0.326 e. The quantitative estimate of drug-likeness (QED) is 0.741. The van der Waals surface area contributed by atoms with Gasteiger partial charge in [-0.05, 0) is 6.07 Å². The van der Waals surface area contributed by atoms with E-state index < -0.39 is 18.1 Å². The molecule has 0 radical (unpaired) electrons. The van der Waals surface area contributed by atoms with Crippen LogP contribution in [0.2, 0.25) is 0 Å². The molecular formula is C11H15N3O4. The SMILES string of the molecule is O=C(O)[C@@H]1C[C@H](O)CN1C(=O)CCn1cccn1. The fourth-order valence-electron chi connectivity index (χ4n) is 2.11. The predicted molar refractivity (Wildman–Crippen MR) is 60.6 cm³/mol. The van der Waals surface area contributed by atoms with Gasteiger partial charge in [-0.15, -0.1) is 0 Å². The summed E-state index contributed by atoms with van der Waals surface area (Å²) in [5, 5.41) is 22.4. The van der Waals surface area contributed by atoms with Gasteiger partial charge in [0.25, 0.3) is 0 Å². The molecule has 1 fully saturated rings. The Balaban J connectivity index is 1.93. The third-order valence-electron chi connectivity index (χ3n) is 3.00. The van der Waals surface area contributed by atoms with Gasteiger partial charge in [-0.25, -0.2) is 4.79 Å². The van der Waals surface area contributed by atoms with E-state index in [1.165, 1.54) is 4.90 Å². The van der Waals surface area contributed by atoms with Gasteiger partial charge in [0, 0.05) is 38.3 Å². The van der Waals surface area contributed by atoms with E-state index in [1.807, 2.05) is 0 Å². The molecule has 0 aromatic carbocycles. The van der Waals surface area contributed by atoms with E-state index >= 15 is 0 Å². The summed E-state index contributed by atoms with van der Waals surface area (Å²) in [4.78, 5) is 24.1. The second-order valence-corrected chi connectivity index (χ2v) is 4.31. The molecule has 0 bridgehead atoms. The molecule has 2 atom stereocenters. The molecule has 1 aromatic heterocycles. The predicted octanol–water partition coefficient (Wildman–Crippen LogP) is -0.680. The molecule has 1 saturated heterocycles. The molecule has 0 spiro atoms. The number of aryl methyl sites for hydroxylation is 1. The molecule has 1 aromatic rings. The van der Waals surface area contributed by atoms with Crippen molar-refractivity contribution in [3.8, 4) is 0 Å². The first-order chi connectivity index (χ1) is 8.58. The number of hydrogen-bond donors (Lipinski definition) is 2. The summed E-state index contributed by atoms with van der Waals surface area (Å²) < 4.78 is 1.61. The van der Waals surface area contributed by atoms with Gasteiger partial charge in [-0.1, -0.05) is 0 Å². The number of hydrogen-bond acceptors (Lipinski definition) is 4. The van der Waals surface area contributed by atoms with Gasteiger partial charge in [-0.3, -0.25) is 9.48 Å². The Morgan fingerprint density at radius 3 is 2.83 bits per heavy atom. The first-order valence-corrected chi connectivity index (χ1v) is 5.75. The minimum absolute atomic E-state index is 0.0922. The molecule has 1 aliphatic rings. The summed E-state index contributed by atoms with van der Waals surface area (Å²) in [6, 6.07) is 0.842. The largest absolute Gasteiger partial charge is 0.480 e. The summed E-state index contributed by atoms with van der Waals surface area (Å²) in [6.45, 7) is 0.500. The lowest BCUT2D eigenvalue weighted by Crippen LogP contribution is -2.40. The lowest BCUT2D eigenvalue weighted by molar-refractivity contribution is -0.148. The number of aromatic nitrogens is 2. The first kappa shape index (κ1) is 12.6. The van der Waals surface area contributed by atoms with Crippen LogP contribution in [0, 0.1) is 0 Å². The number of aliphatic hydroxyl groups excluding tert-OH is 1. The van der Waals surface area contributed by atoms with E-state index in [0.717, 1.165) is 0 Å². The van der Waals surface area contributed by atoms with Crippen molar-refractivity contribution in [3.63, 3.8) is 0 Å². The summed E-state index contributed by atoms with van der Waals surface area (Å²) in [6.07, 6.45) is 2.88. The van der Waals surface area contributed by atoms with Gasteiger partial charge >= 0.3 is 5.97 Å². The Labute approximate surface area is 104 Å². The number of carbonyl (C=O) groups is 2. The molecule has 0 unspecified atom stereocenters. The van der Waals surface area contributed by atoms with Gasteiger partial charge < -0.3 is 15.1 Å². The van der Waals surface area contributed by atoms with E-state index in [-0.39, 0.29) is 25.3 Å². The molecule has 98 valence electrons. The zero-order valence-corrected chi connectivity index (χ0v) is 9.77. The summed E-state index contributed by atoms with van der Waals surface area (Å²) >= 11 is 0. The second-order valence-electron chi connectivity index (χ2n) is 4.31. The Hall–Kier alpha value is -1.89. The molecule has 2 heterocycles. The molecule has 2 N–H and O–H groups in total. The van der Waals surface area contributed by atoms with Gasteiger partial charge in [0.1, 0.15) is 6.04 Å². The number of amides is 1. The number of nitrogens with zero attached hydrogens (tertiary/aromatic N) is 3. The molecule has 1 amide bonds. The third kappa shape index (κ3) is 2.67. The van der Waals surface area contributed by atoms with Crippen LogP contribution in [0.15, 0.2) is 18.5 Å². The average molecular weight is 253 g/mol. The van der Waals surface area contributed by atoms with Crippen LogP contribution < -0.4 is 0 Å². The van der Waals surface area contributed by atoms with Crippen LogP contribution in [0.1, 0.15) is 12.8 Å². The number of carbonyl (C=O) groups excluding carboxylic acids is 1. The summed E-state index contributed by atoms with van der Waals surface area (Å²) in [7, 11) is 0. The van der Waals surface area contributed by atoms with E-state index in [2.05, 4.69) is 5.10 Å². The van der Waals surface area contributed by atoms with Crippen LogP contribution in [0.25, 0.3) is 0 Å². The van der Waals surface area contributed by atoms with Crippen LogP contribution in [0.5, 0.6) is 0 Å². The Morgan fingerprint density at radius 1 is 1.44 bits per heavy atom. The summed E-state index contributed by atoms with van der Waals surface area (Å²) in [5.74, 6) is -1.34. The molecule has 0 saturated carbocycles. The van der Waals surface area contributed by atoms with Gasteiger partial charge in [0.05, 0.1) is 6.10 Å². The normalized spacial score (nSPS) is 23.3. The van der Waals surface area contributed by atoms with E-state index in [1.54, 1.807) is 23.1 Å². The smallest absolute Gasteiger partial charge is 0.326 e. The Kier molecular flexibility index (Phi) is 3.61. The van der Waals surface area contributed by atoms with Crippen LogP contribution in [0.4, 0.5) is 0 Å². The Morgan fingerprint density at radius 2 is 2.22 bits per heavy atom. The maximum atomic E-state index is 11.9. The van der Waals surface area contributed by atoms with Crippen LogP contribution in [-0.4, -0.2) is 55.5 Å². The number of aliphatic carboxylic acids is 1. The van der Waals surface area contributed by atoms with E-state index in [0.29, 0.717) is 6.54 Å². The molecule has 7 nitrogen and oxygen atoms in total. The van der Waals surface area contributed by atoms with Crippen molar-refractivity contribution >= 4 is 11.9 Å². The van der Waals surface area contributed by atoms with Crippen LogP contribution in [0.3, 0.4) is 0 Å². The highest BCUT2D eigenvalue weighted by Crippen LogP contribution is 2.19. The standard InChI is InChI=1S/C11H15N3O4/c15-8-6-9(11(17)18)14(7-8)10(16)2-5-13-4-1-3-12-13/h1,3-4,8-9,15H,2,5-7H2,(H,17,18)/t8-,9-/m0/s1. The van der Waals surface area contributed by atoms with Crippen molar-refractivity contribution in [1.29, 1.82) is 0 Å². The molecule has 0 aliphatic carbocycles. The van der Waals surface area contributed by atoms with E-state index in [9.17, 15) is 14.7 Å². The average Bonchev–Trinajstić information content (AvgIpc) is 2.94. The van der Waals surface area contributed by atoms with E-state index in [4.69, 9.17) is 5.11 Å². The monoisotopic (exact) mass is 253 g/mol. The molecular weight excluding hydrogens is 238 g/mol. The maximum absolute atomic E-state index is 11.9. The second kappa shape index (κ2) is 5.18. The van der Waals surface area contributed by atoms with Crippen molar-refractivity contribution in [2.45, 2.75) is 31.5 Å². The summed E-state index contributed by atoms with van der Waals surface area (Å²) in [5.41, 5.74) is 0. The van der Waals surface area contributed by atoms with Gasteiger partial charge in [0.15, 0.2) is 0 Å². The van der Waals surface area contributed by atoms with Crippen molar-refractivity contribution in [2.75, 3.05) is 6.54 Å². The molecule has 7 heteroatoms. The fourth-order valence-corrected chi connectivity index (χ4v) is 2.11. The van der Waals surface area contributed by atoms with Crippen molar-refractivity contribution < 1.29 is 19.8 Å². The third-order valence-corrected chi connectivity index (χ3v) is 3.00. The topological polar surface area (TPSA) is 95.7 Å². The lowest BCUT2D eigenvalue weighted by Gasteiger charge is -2.21. The number of β-amino-alcohol motifs (C(OH)–C–C–N with tert-alkyl or cyclic N) is 1. The fraction of sp³-hybridized carbons (Fsp3) is 0.545. The minimum atomic E-state index is -1.07. The lowest BCUT2D eigenvalue weighted by atomic mass is 10.2. The highest BCUT2D eigenvalue weighted by atomic mass is 16.4. The number of aliphatic hydroxyl groups is 1. The van der Waals surface area contributed by atoms with Crippen molar-refractivity contribution in [3.05, 3.63) is 18.5 Å². The number of carboxylic acids is 1. The van der Waals surface area contributed by atoms with Crippen molar-refractivity contribution in [2.24, 2.45) is 0 Å². The molecule has 18 heavy (non-hydrogen) atoms. The van der Waals surface area contributed by atoms with Gasteiger partial charge in [0.2, 0.25) is 5.91 Å².